The standard InChI is InChI=1S/C15H26N2O3S/c1-12(2)9-10-17(13-5-3-4-6-13)21(18,19)15-8-7-14(11-16)20-15/h7-8,12-13H,3-6,9-11,16H2,1-2H3. The lowest BCUT2D eigenvalue weighted by Crippen LogP contribution is -2.39. The van der Waals surface area contributed by atoms with E-state index in [0.29, 0.717) is 18.2 Å². The van der Waals surface area contributed by atoms with Gasteiger partial charge in [0.2, 0.25) is 5.09 Å². The summed E-state index contributed by atoms with van der Waals surface area (Å²) in [5.41, 5.74) is 5.50. The van der Waals surface area contributed by atoms with Crippen LogP contribution in [-0.4, -0.2) is 25.3 Å². The third-order valence-corrected chi connectivity index (χ3v) is 5.89. The number of nitrogens with zero attached hydrogens (tertiary/aromatic N) is 1. The molecule has 1 aliphatic carbocycles. The topological polar surface area (TPSA) is 76.5 Å². The van der Waals surface area contributed by atoms with Gasteiger partial charge in [-0.3, -0.25) is 0 Å². The minimum atomic E-state index is -3.56. The van der Waals surface area contributed by atoms with Crippen LogP contribution in [0.3, 0.4) is 0 Å². The van der Waals surface area contributed by atoms with E-state index in [1.165, 1.54) is 6.07 Å². The Morgan fingerprint density at radius 3 is 2.52 bits per heavy atom. The Morgan fingerprint density at radius 2 is 2.00 bits per heavy atom. The van der Waals surface area contributed by atoms with Gasteiger partial charge in [0.25, 0.3) is 10.0 Å². The molecule has 1 heterocycles. The lowest BCUT2D eigenvalue weighted by molar-refractivity contribution is 0.292. The van der Waals surface area contributed by atoms with Crippen molar-refractivity contribution < 1.29 is 12.8 Å². The summed E-state index contributed by atoms with van der Waals surface area (Å²) in [5, 5.41) is 0.0265. The highest BCUT2D eigenvalue weighted by molar-refractivity contribution is 7.89. The molecule has 0 saturated heterocycles. The van der Waals surface area contributed by atoms with Crippen LogP contribution in [0.2, 0.25) is 0 Å². The van der Waals surface area contributed by atoms with Crippen molar-refractivity contribution in [2.45, 2.75) is 63.6 Å². The summed E-state index contributed by atoms with van der Waals surface area (Å²) >= 11 is 0. The van der Waals surface area contributed by atoms with Gasteiger partial charge in [-0.05, 0) is 37.3 Å². The third kappa shape index (κ3) is 3.87. The van der Waals surface area contributed by atoms with E-state index >= 15 is 0 Å². The molecule has 5 nitrogen and oxygen atoms in total. The molecule has 6 heteroatoms. The molecule has 2 rings (SSSR count). The van der Waals surface area contributed by atoms with Crippen molar-refractivity contribution in [2.75, 3.05) is 6.54 Å². The van der Waals surface area contributed by atoms with Crippen LogP contribution < -0.4 is 5.73 Å². The highest BCUT2D eigenvalue weighted by Crippen LogP contribution is 2.30. The Kier molecular flexibility index (Phi) is 5.46. The molecular weight excluding hydrogens is 288 g/mol. The van der Waals surface area contributed by atoms with Crippen LogP contribution in [0.4, 0.5) is 0 Å². The minimum absolute atomic E-state index is 0.0265. The Balaban J connectivity index is 2.24. The van der Waals surface area contributed by atoms with Gasteiger partial charge >= 0.3 is 0 Å². The molecule has 0 spiro atoms. The van der Waals surface area contributed by atoms with E-state index in [9.17, 15) is 8.42 Å². The van der Waals surface area contributed by atoms with Gasteiger partial charge in [0.05, 0.1) is 6.54 Å². The van der Waals surface area contributed by atoms with Crippen LogP contribution in [0.1, 0.15) is 51.7 Å². The summed E-state index contributed by atoms with van der Waals surface area (Å²) in [5.74, 6) is 0.976. The molecule has 0 unspecified atom stereocenters. The van der Waals surface area contributed by atoms with E-state index in [1.807, 2.05) is 0 Å². The molecule has 1 aromatic rings. The van der Waals surface area contributed by atoms with Crippen molar-refractivity contribution in [3.8, 4) is 0 Å². The lowest BCUT2D eigenvalue weighted by Gasteiger charge is -2.27. The summed E-state index contributed by atoms with van der Waals surface area (Å²) in [6, 6.07) is 3.27. The second-order valence-electron chi connectivity index (χ2n) is 6.16. The van der Waals surface area contributed by atoms with Crippen LogP contribution in [0.5, 0.6) is 0 Å². The fourth-order valence-electron chi connectivity index (χ4n) is 2.80. The maximum absolute atomic E-state index is 12.9. The average molecular weight is 314 g/mol. The first kappa shape index (κ1) is 16.5. The predicted molar refractivity (Wildman–Crippen MR) is 82.2 cm³/mol. The van der Waals surface area contributed by atoms with Gasteiger partial charge in [0, 0.05) is 12.6 Å². The first-order chi connectivity index (χ1) is 9.95. The Morgan fingerprint density at radius 1 is 1.33 bits per heavy atom. The number of hydrogen-bond acceptors (Lipinski definition) is 4. The molecular formula is C15H26N2O3S. The van der Waals surface area contributed by atoms with Crippen LogP contribution >= 0.6 is 0 Å². The second kappa shape index (κ2) is 6.94. The van der Waals surface area contributed by atoms with E-state index in [2.05, 4.69) is 13.8 Å². The van der Waals surface area contributed by atoms with Gasteiger partial charge in [-0.25, -0.2) is 8.42 Å². The van der Waals surface area contributed by atoms with Crippen molar-refractivity contribution in [1.29, 1.82) is 0 Å². The number of furan rings is 1. The maximum Gasteiger partial charge on any atom is 0.276 e. The summed E-state index contributed by atoms with van der Waals surface area (Å²) < 4.78 is 32.7. The SMILES string of the molecule is CC(C)CCN(C1CCCC1)S(=O)(=O)c1ccc(CN)o1. The highest BCUT2D eigenvalue weighted by atomic mass is 32.2. The highest BCUT2D eigenvalue weighted by Gasteiger charge is 2.34. The fraction of sp³-hybridized carbons (Fsp3) is 0.733. The number of hydrogen-bond donors (Lipinski definition) is 1. The average Bonchev–Trinajstić information content (AvgIpc) is 3.09. The molecule has 2 N–H and O–H groups in total. The number of sulfonamides is 1. The van der Waals surface area contributed by atoms with E-state index in [0.717, 1.165) is 32.1 Å². The summed E-state index contributed by atoms with van der Waals surface area (Å²) in [7, 11) is -3.56. The molecule has 1 saturated carbocycles. The molecule has 0 aromatic carbocycles. The fourth-order valence-corrected chi connectivity index (χ4v) is 4.43. The van der Waals surface area contributed by atoms with Gasteiger partial charge in [-0.15, -0.1) is 0 Å². The van der Waals surface area contributed by atoms with Crippen LogP contribution in [0.15, 0.2) is 21.6 Å². The van der Waals surface area contributed by atoms with Crippen molar-refractivity contribution in [3.05, 3.63) is 17.9 Å². The Labute approximate surface area is 127 Å². The molecule has 0 bridgehead atoms. The summed E-state index contributed by atoms with van der Waals surface area (Å²) in [4.78, 5) is 0. The smallest absolute Gasteiger partial charge is 0.276 e. The third-order valence-electron chi connectivity index (χ3n) is 4.06. The largest absolute Gasteiger partial charge is 0.447 e. The molecule has 0 aliphatic heterocycles. The molecule has 1 aromatic heterocycles. The quantitative estimate of drug-likeness (QED) is 0.839. The van der Waals surface area contributed by atoms with Crippen LogP contribution in [-0.2, 0) is 16.6 Å². The molecule has 1 fully saturated rings. The molecule has 1 aliphatic rings. The Hall–Kier alpha value is -0.850. The monoisotopic (exact) mass is 314 g/mol. The lowest BCUT2D eigenvalue weighted by atomic mass is 10.1. The maximum atomic E-state index is 12.9. The van der Waals surface area contributed by atoms with Crippen LogP contribution in [0.25, 0.3) is 0 Å². The van der Waals surface area contributed by atoms with Crippen molar-refractivity contribution in [1.82, 2.24) is 4.31 Å². The van der Waals surface area contributed by atoms with E-state index in [-0.39, 0.29) is 17.7 Å². The van der Waals surface area contributed by atoms with Gasteiger partial charge in [0.1, 0.15) is 5.76 Å². The van der Waals surface area contributed by atoms with Crippen molar-refractivity contribution in [2.24, 2.45) is 11.7 Å². The summed E-state index contributed by atoms with van der Waals surface area (Å²) in [6.07, 6.45) is 4.96. The molecule has 21 heavy (non-hydrogen) atoms. The first-order valence-corrected chi connectivity index (χ1v) is 9.19. The van der Waals surface area contributed by atoms with Crippen molar-refractivity contribution in [3.63, 3.8) is 0 Å². The zero-order valence-electron chi connectivity index (χ0n) is 12.9. The summed E-state index contributed by atoms with van der Waals surface area (Å²) in [6.45, 7) is 4.99. The van der Waals surface area contributed by atoms with Gasteiger partial charge < -0.3 is 10.2 Å². The molecule has 0 amide bonds. The number of rotatable bonds is 7. The zero-order valence-corrected chi connectivity index (χ0v) is 13.7. The minimum Gasteiger partial charge on any atom is -0.447 e. The first-order valence-electron chi connectivity index (χ1n) is 7.75. The van der Waals surface area contributed by atoms with E-state index in [4.69, 9.17) is 10.2 Å². The van der Waals surface area contributed by atoms with Gasteiger partial charge in [-0.2, -0.15) is 4.31 Å². The molecule has 0 atom stereocenters. The van der Waals surface area contributed by atoms with E-state index < -0.39 is 10.0 Å². The molecule has 0 radical (unpaired) electrons. The second-order valence-corrected chi connectivity index (χ2v) is 7.98. The van der Waals surface area contributed by atoms with Gasteiger partial charge in [-0.1, -0.05) is 26.7 Å². The van der Waals surface area contributed by atoms with Crippen LogP contribution in [0, 0.1) is 5.92 Å². The van der Waals surface area contributed by atoms with Crippen molar-refractivity contribution >= 4 is 10.0 Å². The normalized spacial score (nSPS) is 17.2. The Bertz CT molecular complexity index is 545. The zero-order chi connectivity index (χ0) is 15.5. The number of nitrogens with two attached hydrogens (primary N) is 1. The predicted octanol–water partition coefficient (Wildman–Crippen LogP) is 2.72. The molecule has 120 valence electrons. The van der Waals surface area contributed by atoms with E-state index in [1.54, 1.807) is 10.4 Å². The van der Waals surface area contributed by atoms with Gasteiger partial charge in [0.15, 0.2) is 0 Å².